The van der Waals surface area contributed by atoms with Crippen LogP contribution >= 0.6 is 15.9 Å². The van der Waals surface area contributed by atoms with Crippen LogP contribution in [0.4, 0.5) is 4.79 Å². The fraction of sp³-hybridized carbons (Fsp3) is 0.111. The first-order valence-electron chi connectivity index (χ1n) is 7.02. The molecule has 0 fully saturated rings. The van der Waals surface area contributed by atoms with Crippen LogP contribution in [-0.4, -0.2) is 23.7 Å². The summed E-state index contributed by atoms with van der Waals surface area (Å²) in [6, 6.07) is 14.1. The Morgan fingerprint density at radius 3 is 2.62 bits per heavy atom. The van der Waals surface area contributed by atoms with Crippen molar-refractivity contribution < 1.29 is 19.4 Å². The minimum atomic E-state index is -1.06. The second-order valence-corrected chi connectivity index (χ2v) is 5.63. The van der Waals surface area contributed by atoms with E-state index in [1.807, 2.05) is 30.3 Å². The summed E-state index contributed by atoms with van der Waals surface area (Å²) >= 11 is 3.22. The molecule has 2 aromatic carbocycles. The third-order valence-corrected chi connectivity index (χ3v) is 3.46. The molecule has 0 bridgehead atoms. The molecule has 24 heavy (non-hydrogen) atoms. The van der Waals surface area contributed by atoms with E-state index in [0.717, 1.165) is 5.56 Å². The highest BCUT2D eigenvalue weighted by Gasteiger charge is 2.08. The van der Waals surface area contributed by atoms with Crippen LogP contribution in [0, 0.1) is 11.8 Å². The number of halogens is 1. The molecule has 2 rings (SSSR count). The molecule has 0 saturated heterocycles. The number of amides is 1. The maximum Gasteiger partial charge on any atom is 0.408 e. The van der Waals surface area contributed by atoms with Crippen molar-refractivity contribution in [2.75, 3.05) is 6.54 Å². The summed E-state index contributed by atoms with van der Waals surface area (Å²) in [5, 5.41) is 11.6. The SMILES string of the molecule is O=C(NCC#Cc1ccc(Br)cc1C(=O)O)OCc1ccccc1. The molecule has 0 unspecified atom stereocenters. The number of carboxylic acid groups (broad SMARTS) is 1. The summed E-state index contributed by atoms with van der Waals surface area (Å²) in [7, 11) is 0. The normalized spacial score (nSPS) is 9.54. The number of rotatable bonds is 4. The van der Waals surface area contributed by atoms with Crippen molar-refractivity contribution in [1.29, 1.82) is 0 Å². The molecule has 2 N–H and O–H groups in total. The van der Waals surface area contributed by atoms with Gasteiger partial charge in [-0.25, -0.2) is 9.59 Å². The molecule has 0 saturated carbocycles. The van der Waals surface area contributed by atoms with Gasteiger partial charge in [0.2, 0.25) is 0 Å². The Kier molecular flexibility index (Phi) is 6.41. The smallest absolute Gasteiger partial charge is 0.408 e. The van der Waals surface area contributed by atoms with E-state index in [-0.39, 0.29) is 18.7 Å². The van der Waals surface area contributed by atoms with E-state index in [4.69, 9.17) is 9.84 Å². The third kappa shape index (κ3) is 5.45. The number of hydrogen-bond acceptors (Lipinski definition) is 3. The fourth-order valence-corrected chi connectivity index (χ4v) is 2.19. The first kappa shape index (κ1) is 17.6. The number of aromatic carboxylic acids is 1. The molecule has 0 spiro atoms. The van der Waals surface area contributed by atoms with Crippen molar-refractivity contribution in [3.63, 3.8) is 0 Å². The van der Waals surface area contributed by atoms with Gasteiger partial charge in [-0.05, 0) is 23.8 Å². The lowest BCUT2D eigenvalue weighted by molar-refractivity contribution is 0.0696. The van der Waals surface area contributed by atoms with Crippen LogP contribution in [0.2, 0.25) is 0 Å². The minimum Gasteiger partial charge on any atom is -0.478 e. The molecule has 2 aromatic rings. The molecule has 1 amide bonds. The van der Waals surface area contributed by atoms with Gasteiger partial charge < -0.3 is 15.2 Å². The number of nitrogens with one attached hydrogen (secondary N) is 1. The number of benzene rings is 2. The summed E-state index contributed by atoms with van der Waals surface area (Å²) < 4.78 is 5.70. The van der Waals surface area contributed by atoms with Crippen LogP contribution in [-0.2, 0) is 11.3 Å². The summed E-state index contributed by atoms with van der Waals surface area (Å²) in [6.45, 7) is 0.235. The zero-order chi connectivity index (χ0) is 17.4. The average Bonchev–Trinajstić information content (AvgIpc) is 2.58. The highest BCUT2D eigenvalue weighted by Crippen LogP contribution is 2.16. The van der Waals surface area contributed by atoms with Gasteiger partial charge in [-0.3, -0.25) is 0 Å². The van der Waals surface area contributed by atoms with Crippen molar-refractivity contribution in [3.05, 3.63) is 69.7 Å². The fourth-order valence-electron chi connectivity index (χ4n) is 1.83. The van der Waals surface area contributed by atoms with E-state index >= 15 is 0 Å². The van der Waals surface area contributed by atoms with Crippen molar-refractivity contribution >= 4 is 28.0 Å². The van der Waals surface area contributed by atoms with Crippen LogP contribution in [0.3, 0.4) is 0 Å². The van der Waals surface area contributed by atoms with Gasteiger partial charge in [-0.2, -0.15) is 0 Å². The Morgan fingerprint density at radius 1 is 1.17 bits per heavy atom. The Morgan fingerprint density at radius 2 is 1.92 bits per heavy atom. The second kappa shape index (κ2) is 8.75. The number of alkyl carbamates (subject to hydrolysis) is 1. The lowest BCUT2D eigenvalue weighted by Gasteiger charge is -2.04. The van der Waals surface area contributed by atoms with Crippen LogP contribution in [0.5, 0.6) is 0 Å². The Bertz CT molecular complexity index is 794. The molecule has 0 aliphatic carbocycles. The van der Waals surface area contributed by atoms with Gasteiger partial charge in [0.1, 0.15) is 6.61 Å². The lowest BCUT2D eigenvalue weighted by Crippen LogP contribution is -2.24. The van der Waals surface area contributed by atoms with Crippen molar-refractivity contribution in [3.8, 4) is 11.8 Å². The molecule has 0 aromatic heterocycles. The number of ether oxygens (including phenoxy) is 1. The van der Waals surface area contributed by atoms with Crippen molar-refractivity contribution in [1.82, 2.24) is 5.32 Å². The van der Waals surface area contributed by atoms with Crippen molar-refractivity contribution in [2.24, 2.45) is 0 Å². The van der Waals surface area contributed by atoms with Crippen LogP contribution in [0.1, 0.15) is 21.5 Å². The standard InChI is InChI=1S/C18H14BrNO4/c19-15-9-8-14(16(11-15)17(21)22)7-4-10-20-18(23)24-12-13-5-2-1-3-6-13/h1-3,5-6,8-9,11H,10,12H2,(H,20,23)(H,21,22). The third-order valence-electron chi connectivity index (χ3n) is 2.97. The minimum absolute atomic E-state index is 0.0583. The number of hydrogen-bond donors (Lipinski definition) is 2. The van der Waals surface area contributed by atoms with Crippen LogP contribution in [0.15, 0.2) is 53.0 Å². The van der Waals surface area contributed by atoms with E-state index in [0.29, 0.717) is 10.0 Å². The molecule has 0 atom stereocenters. The average molecular weight is 388 g/mol. The molecule has 0 aliphatic rings. The second-order valence-electron chi connectivity index (χ2n) is 4.71. The zero-order valence-corrected chi connectivity index (χ0v) is 14.2. The predicted octanol–water partition coefficient (Wildman–Crippen LogP) is 3.43. The van der Waals surface area contributed by atoms with Gasteiger partial charge in [0.25, 0.3) is 0 Å². The molecule has 0 aliphatic heterocycles. The molecule has 5 nitrogen and oxygen atoms in total. The van der Waals surface area contributed by atoms with E-state index in [9.17, 15) is 9.59 Å². The molecular formula is C18H14BrNO4. The predicted molar refractivity (Wildman–Crippen MR) is 92.6 cm³/mol. The van der Waals surface area contributed by atoms with Crippen molar-refractivity contribution in [2.45, 2.75) is 6.61 Å². The zero-order valence-electron chi connectivity index (χ0n) is 12.6. The van der Waals surface area contributed by atoms with Crippen LogP contribution in [0.25, 0.3) is 0 Å². The first-order valence-corrected chi connectivity index (χ1v) is 7.82. The van der Waals surface area contributed by atoms with Gasteiger partial charge in [0, 0.05) is 10.0 Å². The number of carbonyl (C=O) groups excluding carboxylic acids is 1. The molecule has 0 radical (unpaired) electrons. The molecule has 6 heteroatoms. The first-order chi connectivity index (χ1) is 11.6. The number of carboxylic acids is 1. The van der Waals surface area contributed by atoms with E-state index < -0.39 is 12.1 Å². The van der Waals surface area contributed by atoms with E-state index in [2.05, 4.69) is 33.1 Å². The Balaban J connectivity index is 1.85. The summed E-state index contributed by atoms with van der Waals surface area (Å²) in [5.74, 6) is 4.37. The van der Waals surface area contributed by atoms with Gasteiger partial charge in [-0.15, -0.1) is 0 Å². The van der Waals surface area contributed by atoms with Crippen LogP contribution < -0.4 is 5.32 Å². The molecule has 0 heterocycles. The monoisotopic (exact) mass is 387 g/mol. The lowest BCUT2D eigenvalue weighted by atomic mass is 10.1. The topological polar surface area (TPSA) is 75.6 Å². The summed E-state index contributed by atoms with van der Waals surface area (Å²) in [4.78, 5) is 22.7. The Labute approximate surface area is 147 Å². The maximum atomic E-state index is 11.5. The maximum absolute atomic E-state index is 11.5. The van der Waals surface area contributed by atoms with Gasteiger partial charge in [-0.1, -0.05) is 58.1 Å². The molecule has 122 valence electrons. The molecular weight excluding hydrogens is 374 g/mol. The number of carbonyl (C=O) groups is 2. The summed E-state index contributed by atoms with van der Waals surface area (Å²) in [6.07, 6.45) is -0.581. The highest BCUT2D eigenvalue weighted by atomic mass is 79.9. The van der Waals surface area contributed by atoms with Gasteiger partial charge >= 0.3 is 12.1 Å². The van der Waals surface area contributed by atoms with E-state index in [1.54, 1.807) is 12.1 Å². The largest absolute Gasteiger partial charge is 0.478 e. The Hall–Kier alpha value is -2.78. The highest BCUT2D eigenvalue weighted by molar-refractivity contribution is 9.10. The van der Waals surface area contributed by atoms with Gasteiger partial charge in [0.15, 0.2) is 0 Å². The summed E-state index contributed by atoms with van der Waals surface area (Å²) in [5.41, 5.74) is 1.37. The quantitative estimate of drug-likeness (QED) is 0.788. The van der Waals surface area contributed by atoms with E-state index in [1.165, 1.54) is 6.07 Å². The van der Waals surface area contributed by atoms with Gasteiger partial charge in [0.05, 0.1) is 12.1 Å².